The van der Waals surface area contributed by atoms with Gasteiger partial charge in [0.25, 0.3) is 0 Å². The summed E-state index contributed by atoms with van der Waals surface area (Å²) in [7, 11) is -0.934. The maximum absolute atomic E-state index is 3.83. The highest BCUT2D eigenvalue weighted by Crippen LogP contribution is 2.20. The van der Waals surface area contributed by atoms with Crippen LogP contribution in [0.25, 0.3) is 0 Å². The van der Waals surface area contributed by atoms with Gasteiger partial charge in [0.15, 0.2) is 0 Å². The number of hydrogen-bond donors (Lipinski definition) is 0. The first-order valence-corrected chi connectivity index (χ1v) is 9.49. The van der Waals surface area contributed by atoms with Gasteiger partial charge >= 0.3 is 0 Å². The maximum atomic E-state index is 3.83. The van der Waals surface area contributed by atoms with Crippen LogP contribution in [0.2, 0.25) is 25.7 Å². The van der Waals surface area contributed by atoms with Crippen molar-refractivity contribution in [1.29, 1.82) is 0 Å². The van der Waals surface area contributed by atoms with Crippen LogP contribution >= 0.6 is 0 Å². The summed E-state index contributed by atoms with van der Waals surface area (Å²) < 4.78 is 0. The Bertz CT molecular complexity index is 184. The number of unbranched alkanes of at least 4 members (excludes halogenated alkanes) is 2. The zero-order valence-corrected chi connectivity index (χ0v) is 11.4. The Labute approximate surface area is 91.1 Å². The highest BCUT2D eigenvalue weighted by atomic mass is 28.3. The van der Waals surface area contributed by atoms with Gasteiger partial charge in [-0.15, -0.1) is 6.58 Å². The molecule has 0 amide bonds. The summed E-state index contributed by atoms with van der Waals surface area (Å²) in [5.74, 6) is 0. The van der Waals surface area contributed by atoms with E-state index in [1.54, 1.807) is 5.57 Å². The summed E-state index contributed by atoms with van der Waals surface area (Å²) in [6.07, 6.45) is 9.46. The molecule has 0 rings (SSSR count). The Balaban J connectivity index is 4.13. The molecule has 0 aromatic carbocycles. The predicted octanol–water partition coefficient (Wildman–Crippen LogP) is 5.02. The molecule has 0 N–H and O–H groups in total. The van der Waals surface area contributed by atoms with Crippen molar-refractivity contribution in [2.75, 3.05) is 0 Å². The van der Waals surface area contributed by atoms with Crippen molar-refractivity contribution < 1.29 is 0 Å². The van der Waals surface area contributed by atoms with Crippen molar-refractivity contribution >= 4 is 8.07 Å². The molecule has 0 aliphatic heterocycles. The molecule has 0 nitrogen and oxygen atoms in total. The van der Waals surface area contributed by atoms with E-state index in [2.05, 4.69) is 39.2 Å². The monoisotopic (exact) mass is 210 g/mol. The molecule has 0 fully saturated rings. The molecular formula is C13H26Si. The van der Waals surface area contributed by atoms with Crippen LogP contribution in [0.15, 0.2) is 24.3 Å². The largest absolute Gasteiger partial charge is 0.103 e. The van der Waals surface area contributed by atoms with Crippen molar-refractivity contribution in [2.45, 2.75) is 58.3 Å². The van der Waals surface area contributed by atoms with Crippen molar-refractivity contribution in [1.82, 2.24) is 0 Å². The van der Waals surface area contributed by atoms with Crippen LogP contribution in [0.3, 0.4) is 0 Å². The summed E-state index contributed by atoms with van der Waals surface area (Å²) in [6.45, 7) is 13.4. The highest BCUT2D eigenvalue weighted by molar-refractivity contribution is 6.76. The third-order valence-corrected chi connectivity index (χ3v) is 3.67. The summed E-state index contributed by atoms with van der Waals surface area (Å²) in [4.78, 5) is 0. The van der Waals surface area contributed by atoms with Crippen LogP contribution < -0.4 is 0 Å². The van der Waals surface area contributed by atoms with Crippen LogP contribution in [0.4, 0.5) is 0 Å². The number of hydrogen-bond acceptors (Lipinski definition) is 0. The van der Waals surface area contributed by atoms with Gasteiger partial charge < -0.3 is 0 Å². The fourth-order valence-corrected chi connectivity index (χ4v) is 3.26. The zero-order valence-electron chi connectivity index (χ0n) is 10.4. The zero-order chi connectivity index (χ0) is 11.0. The Hall–Kier alpha value is -0.303. The molecule has 0 atom stereocenters. The second kappa shape index (κ2) is 7.05. The SMILES string of the molecule is C=CC/C(=C/CCCC)C[Si](C)(C)C. The molecule has 0 spiro atoms. The van der Waals surface area contributed by atoms with Crippen LogP contribution in [0, 0.1) is 0 Å². The van der Waals surface area contributed by atoms with E-state index in [9.17, 15) is 0 Å². The molecule has 14 heavy (non-hydrogen) atoms. The molecule has 0 saturated carbocycles. The maximum Gasteiger partial charge on any atom is 0.0483 e. The average Bonchev–Trinajstić information content (AvgIpc) is 2.02. The van der Waals surface area contributed by atoms with E-state index in [0.29, 0.717) is 0 Å². The lowest BCUT2D eigenvalue weighted by molar-refractivity contribution is 0.808. The number of allylic oxidation sites excluding steroid dienone is 3. The second-order valence-electron chi connectivity index (χ2n) is 5.23. The molecule has 0 aromatic rings. The molecule has 0 aliphatic carbocycles. The van der Waals surface area contributed by atoms with E-state index >= 15 is 0 Å². The predicted molar refractivity (Wildman–Crippen MR) is 70.6 cm³/mol. The lowest BCUT2D eigenvalue weighted by Crippen LogP contribution is -2.19. The highest BCUT2D eigenvalue weighted by Gasteiger charge is 2.14. The Morgan fingerprint density at radius 2 is 1.93 bits per heavy atom. The molecule has 0 aliphatic rings. The van der Waals surface area contributed by atoms with Gasteiger partial charge in [0.05, 0.1) is 0 Å². The molecule has 0 aromatic heterocycles. The molecule has 0 radical (unpaired) electrons. The normalized spacial score (nSPS) is 13.0. The van der Waals surface area contributed by atoms with Gasteiger partial charge in [-0.05, 0) is 18.9 Å². The summed E-state index contributed by atoms with van der Waals surface area (Å²) in [5.41, 5.74) is 1.62. The molecule has 1 heteroatoms. The molecule has 0 bridgehead atoms. The fraction of sp³-hybridized carbons (Fsp3) is 0.692. The van der Waals surface area contributed by atoms with Crippen LogP contribution in [0.5, 0.6) is 0 Å². The first-order valence-electron chi connectivity index (χ1n) is 5.78. The van der Waals surface area contributed by atoms with Gasteiger partial charge in [0, 0.05) is 8.07 Å². The Kier molecular flexibility index (Phi) is 6.90. The van der Waals surface area contributed by atoms with Crippen LogP contribution in [0.1, 0.15) is 32.6 Å². The van der Waals surface area contributed by atoms with Crippen LogP contribution in [-0.4, -0.2) is 8.07 Å². The van der Waals surface area contributed by atoms with E-state index in [0.717, 1.165) is 6.42 Å². The minimum absolute atomic E-state index is 0.934. The minimum atomic E-state index is -0.934. The lowest BCUT2D eigenvalue weighted by Gasteiger charge is -2.17. The van der Waals surface area contributed by atoms with Crippen molar-refractivity contribution in [3.05, 3.63) is 24.3 Å². The van der Waals surface area contributed by atoms with Crippen molar-refractivity contribution in [3.8, 4) is 0 Å². The minimum Gasteiger partial charge on any atom is -0.103 e. The molecule has 0 heterocycles. The van der Waals surface area contributed by atoms with E-state index < -0.39 is 8.07 Å². The van der Waals surface area contributed by atoms with Crippen molar-refractivity contribution in [3.63, 3.8) is 0 Å². The van der Waals surface area contributed by atoms with Gasteiger partial charge in [-0.1, -0.05) is 57.1 Å². The third kappa shape index (κ3) is 8.30. The van der Waals surface area contributed by atoms with E-state index in [1.165, 1.54) is 25.3 Å². The smallest absolute Gasteiger partial charge is 0.0483 e. The fourth-order valence-electron chi connectivity index (χ4n) is 1.60. The standard InChI is InChI=1S/C13H26Si/c1-6-8-9-11-13(10-7-2)12-14(3,4)5/h7,11H,2,6,8-10,12H2,1,3-5H3/b13-11-. The average molecular weight is 210 g/mol. The first-order chi connectivity index (χ1) is 6.49. The Morgan fingerprint density at radius 3 is 2.36 bits per heavy atom. The number of rotatable bonds is 7. The molecule has 0 unspecified atom stereocenters. The topological polar surface area (TPSA) is 0 Å². The molecule has 82 valence electrons. The molecule has 0 saturated heterocycles. The second-order valence-corrected chi connectivity index (χ2v) is 10.7. The Morgan fingerprint density at radius 1 is 1.29 bits per heavy atom. The van der Waals surface area contributed by atoms with Crippen molar-refractivity contribution in [2.24, 2.45) is 0 Å². The van der Waals surface area contributed by atoms with Gasteiger partial charge in [0.1, 0.15) is 0 Å². The summed E-state index contributed by atoms with van der Waals surface area (Å²) in [6, 6.07) is 1.34. The van der Waals surface area contributed by atoms with E-state index in [-0.39, 0.29) is 0 Å². The summed E-state index contributed by atoms with van der Waals surface area (Å²) >= 11 is 0. The lowest BCUT2D eigenvalue weighted by atomic mass is 10.1. The van der Waals surface area contributed by atoms with Gasteiger partial charge in [-0.25, -0.2) is 0 Å². The summed E-state index contributed by atoms with van der Waals surface area (Å²) in [5, 5.41) is 0. The van der Waals surface area contributed by atoms with Crippen LogP contribution in [-0.2, 0) is 0 Å². The molecular weight excluding hydrogens is 184 g/mol. The van der Waals surface area contributed by atoms with E-state index in [4.69, 9.17) is 0 Å². The quantitative estimate of drug-likeness (QED) is 0.314. The first kappa shape index (κ1) is 13.7. The van der Waals surface area contributed by atoms with Gasteiger partial charge in [0.2, 0.25) is 0 Å². The van der Waals surface area contributed by atoms with Gasteiger partial charge in [-0.2, -0.15) is 0 Å². The van der Waals surface area contributed by atoms with Gasteiger partial charge in [-0.3, -0.25) is 0 Å². The van der Waals surface area contributed by atoms with E-state index in [1.807, 2.05) is 6.08 Å². The third-order valence-electron chi connectivity index (χ3n) is 2.15.